The second-order valence-electron chi connectivity index (χ2n) is 5.42. The molecule has 3 nitrogen and oxygen atoms in total. The van der Waals surface area contributed by atoms with Crippen LogP contribution in [0.15, 0.2) is 12.0 Å². The molecular weight excluding hydrogens is 178 g/mol. The quantitative estimate of drug-likeness (QED) is 0.652. The van der Waals surface area contributed by atoms with Crippen LogP contribution in [0.25, 0.3) is 0 Å². The molecule has 14 heavy (non-hydrogen) atoms. The molecule has 0 atom stereocenters. The third-order valence-corrected chi connectivity index (χ3v) is 2.05. The van der Waals surface area contributed by atoms with E-state index in [1.165, 1.54) is 0 Å². The van der Waals surface area contributed by atoms with Crippen molar-refractivity contribution in [2.45, 2.75) is 40.2 Å². The molecule has 1 aliphatic rings. The number of ketones is 1. The van der Waals surface area contributed by atoms with Crippen molar-refractivity contribution in [2.75, 3.05) is 6.61 Å². The number of carbonyl (C=O) groups is 1. The maximum atomic E-state index is 11.6. The van der Waals surface area contributed by atoms with Crippen molar-refractivity contribution in [1.29, 1.82) is 0 Å². The Morgan fingerprint density at radius 1 is 1.50 bits per heavy atom. The van der Waals surface area contributed by atoms with Gasteiger partial charge in [0.05, 0.1) is 5.54 Å². The van der Waals surface area contributed by atoms with Gasteiger partial charge in [-0.1, -0.05) is 20.8 Å². The number of ether oxygens (including phenoxy) is 1. The highest BCUT2D eigenvalue weighted by Crippen LogP contribution is 2.20. The van der Waals surface area contributed by atoms with Gasteiger partial charge in [-0.2, -0.15) is 0 Å². The minimum absolute atomic E-state index is 0.0655. The van der Waals surface area contributed by atoms with Crippen LogP contribution in [0.3, 0.4) is 0 Å². The lowest BCUT2D eigenvalue weighted by molar-refractivity contribution is -0.121. The topological polar surface area (TPSA) is 38.3 Å². The van der Waals surface area contributed by atoms with E-state index >= 15 is 0 Å². The molecule has 0 bridgehead atoms. The average molecular weight is 197 g/mol. The van der Waals surface area contributed by atoms with E-state index in [4.69, 9.17) is 4.74 Å². The van der Waals surface area contributed by atoms with E-state index in [0.717, 1.165) is 0 Å². The van der Waals surface area contributed by atoms with Crippen LogP contribution in [-0.4, -0.2) is 17.9 Å². The molecule has 0 radical (unpaired) electrons. The maximum Gasteiger partial charge on any atom is 0.190 e. The van der Waals surface area contributed by atoms with E-state index in [-0.39, 0.29) is 16.7 Å². The van der Waals surface area contributed by atoms with Crippen molar-refractivity contribution in [1.82, 2.24) is 5.32 Å². The summed E-state index contributed by atoms with van der Waals surface area (Å²) in [4.78, 5) is 11.6. The first kappa shape index (κ1) is 11.1. The van der Waals surface area contributed by atoms with Gasteiger partial charge in [-0.05, 0) is 13.8 Å². The Balaban J connectivity index is 2.68. The van der Waals surface area contributed by atoms with Crippen LogP contribution in [-0.2, 0) is 9.53 Å². The van der Waals surface area contributed by atoms with E-state index in [2.05, 4.69) is 5.32 Å². The number of allylic oxidation sites excluding steroid dienone is 1. The third-order valence-electron chi connectivity index (χ3n) is 2.05. The first-order valence-corrected chi connectivity index (χ1v) is 4.88. The standard InChI is InChI=1S/C11H19NO2/c1-10(2,3)8(13)6-9-12-11(4,5)7-14-9/h6,12H,7H2,1-5H3. The van der Waals surface area contributed by atoms with Crippen molar-refractivity contribution in [2.24, 2.45) is 5.41 Å². The fourth-order valence-electron chi connectivity index (χ4n) is 1.08. The summed E-state index contributed by atoms with van der Waals surface area (Å²) >= 11 is 0. The van der Waals surface area contributed by atoms with Crippen molar-refractivity contribution >= 4 is 5.78 Å². The van der Waals surface area contributed by atoms with Crippen LogP contribution in [0.1, 0.15) is 34.6 Å². The van der Waals surface area contributed by atoms with E-state index in [1.54, 1.807) is 6.08 Å². The summed E-state index contributed by atoms with van der Waals surface area (Å²) in [5.41, 5.74) is -0.408. The lowest BCUT2D eigenvalue weighted by Crippen LogP contribution is -2.34. The highest BCUT2D eigenvalue weighted by atomic mass is 16.5. The fourth-order valence-corrected chi connectivity index (χ4v) is 1.08. The van der Waals surface area contributed by atoms with Gasteiger partial charge in [0.25, 0.3) is 0 Å². The molecule has 0 aromatic carbocycles. The number of nitrogens with one attached hydrogen (secondary N) is 1. The summed E-state index contributed by atoms with van der Waals surface area (Å²) in [6.45, 7) is 10.4. The third kappa shape index (κ3) is 2.76. The predicted octanol–water partition coefficient (Wildman–Crippen LogP) is 1.84. The number of hydrogen-bond donors (Lipinski definition) is 1. The summed E-state index contributed by atoms with van der Waals surface area (Å²) in [6.07, 6.45) is 1.55. The largest absolute Gasteiger partial charge is 0.477 e. The molecule has 0 aliphatic carbocycles. The molecule has 0 spiro atoms. The highest BCUT2D eigenvalue weighted by molar-refractivity contribution is 5.94. The van der Waals surface area contributed by atoms with E-state index < -0.39 is 0 Å². The van der Waals surface area contributed by atoms with E-state index in [1.807, 2.05) is 34.6 Å². The molecule has 1 rings (SSSR count). The van der Waals surface area contributed by atoms with Gasteiger partial charge < -0.3 is 10.1 Å². The monoisotopic (exact) mass is 197 g/mol. The van der Waals surface area contributed by atoms with Crippen LogP contribution in [0.2, 0.25) is 0 Å². The lowest BCUT2D eigenvalue weighted by Gasteiger charge is -2.15. The molecule has 0 unspecified atom stereocenters. The Kier molecular flexibility index (Phi) is 2.61. The van der Waals surface area contributed by atoms with Gasteiger partial charge in [0.1, 0.15) is 6.61 Å². The van der Waals surface area contributed by atoms with Gasteiger partial charge >= 0.3 is 0 Å². The Morgan fingerprint density at radius 3 is 2.43 bits per heavy atom. The first-order chi connectivity index (χ1) is 6.21. The van der Waals surface area contributed by atoms with Crippen LogP contribution in [0, 0.1) is 5.41 Å². The highest BCUT2D eigenvalue weighted by Gasteiger charge is 2.29. The molecule has 1 fully saturated rings. The molecule has 1 aliphatic heterocycles. The molecule has 3 heteroatoms. The van der Waals surface area contributed by atoms with Gasteiger partial charge in [0.15, 0.2) is 11.7 Å². The SMILES string of the molecule is CC1(C)COC(=CC(=O)C(C)(C)C)N1. The van der Waals surface area contributed by atoms with E-state index in [0.29, 0.717) is 12.5 Å². The van der Waals surface area contributed by atoms with Gasteiger partial charge in [0.2, 0.25) is 0 Å². The molecule has 80 valence electrons. The number of rotatable bonds is 1. The van der Waals surface area contributed by atoms with Crippen molar-refractivity contribution < 1.29 is 9.53 Å². The van der Waals surface area contributed by atoms with Crippen LogP contribution in [0.4, 0.5) is 0 Å². The second-order valence-corrected chi connectivity index (χ2v) is 5.42. The maximum absolute atomic E-state index is 11.6. The first-order valence-electron chi connectivity index (χ1n) is 4.88. The van der Waals surface area contributed by atoms with Crippen LogP contribution < -0.4 is 5.32 Å². The molecule has 0 amide bonds. The number of hydrogen-bond acceptors (Lipinski definition) is 3. The minimum Gasteiger partial charge on any atom is -0.477 e. The molecular formula is C11H19NO2. The fraction of sp³-hybridized carbons (Fsp3) is 0.727. The zero-order valence-electron chi connectivity index (χ0n) is 9.60. The predicted molar refractivity (Wildman–Crippen MR) is 55.7 cm³/mol. The minimum atomic E-state index is -0.342. The van der Waals surface area contributed by atoms with Gasteiger partial charge in [-0.3, -0.25) is 4.79 Å². The van der Waals surface area contributed by atoms with Crippen molar-refractivity contribution in [3.05, 3.63) is 12.0 Å². The van der Waals surface area contributed by atoms with E-state index in [9.17, 15) is 4.79 Å². The molecule has 1 saturated heterocycles. The van der Waals surface area contributed by atoms with Crippen molar-refractivity contribution in [3.8, 4) is 0 Å². The Labute approximate surface area is 85.5 Å². The smallest absolute Gasteiger partial charge is 0.190 e. The van der Waals surface area contributed by atoms with Gasteiger partial charge in [-0.25, -0.2) is 0 Å². The summed E-state index contributed by atoms with van der Waals surface area (Å²) in [5.74, 6) is 0.674. The Bertz CT molecular complexity index is 272. The average Bonchev–Trinajstić information content (AvgIpc) is 2.28. The van der Waals surface area contributed by atoms with Gasteiger partial charge in [0, 0.05) is 11.5 Å². The zero-order valence-corrected chi connectivity index (χ0v) is 9.60. The number of carbonyl (C=O) groups excluding carboxylic acids is 1. The summed E-state index contributed by atoms with van der Waals surface area (Å²) in [6, 6.07) is 0. The normalized spacial score (nSPS) is 23.1. The van der Waals surface area contributed by atoms with Crippen LogP contribution in [0.5, 0.6) is 0 Å². The summed E-state index contributed by atoms with van der Waals surface area (Å²) in [5, 5.41) is 3.15. The Morgan fingerprint density at radius 2 is 2.07 bits per heavy atom. The second kappa shape index (κ2) is 3.30. The van der Waals surface area contributed by atoms with Gasteiger partial charge in [-0.15, -0.1) is 0 Å². The molecule has 1 heterocycles. The molecule has 1 N–H and O–H groups in total. The lowest BCUT2D eigenvalue weighted by atomic mass is 9.91. The Hall–Kier alpha value is -0.990. The van der Waals surface area contributed by atoms with Crippen LogP contribution >= 0.6 is 0 Å². The zero-order chi connectivity index (χ0) is 11.0. The molecule has 0 saturated carbocycles. The molecule has 0 aromatic heterocycles. The van der Waals surface area contributed by atoms with Crippen molar-refractivity contribution in [3.63, 3.8) is 0 Å². The molecule has 0 aromatic rings. The summed E-state index contributed by atoms with van der Waals surface area (Å²) in [7, 11) is 0. The summed E-state index contributed by atoms with van der Waals surface area (Å²) < 4.78 is 5.36.